The van der Waals surface area contributed by atoms with E-state index >= 15 is 0 Å². The molecule has 0 unspecified atom stereocenters. The highest BCUT2D eigenvalue weighted by Gasteiger charge is 2.35. The molecule has 3 aromatic rings. The van der Waals surface area contributed by atoms with E-state index in [-0.39, 0.29) is 11.5 Å². The van der Waals surface area contributed by atoms with Crippen LogP contribution in [0.4, 0.5) is 10.6 Å². The molecule has 0 saturated carbocycles. The molecule has 7 nitrogen and oxygen atoms in total. The lowest BCUT2D eigenvalue weighted by Gasteiger charge is -2.37. The highest BCUT2D eigenvalue weighted by molar-refractivity contribution is 5.99. The first-order valence-corrected chi connectivity index (χ1v) is 12.2. The summed E-state index contributed by atoms with van der Waals surface area (Å²) in [7, 11) is 1.35. The van der Waals surface area contributed by atoms with Crippen LogP contribution in [0.5, 0.6) is 5.75 Å². The number of carbonyl (C=O) groups is 1. The van der Waals surface area contributed by atoms with E-state index in [0.29, 0.717) is 35.5 Å². The average Bonchev–Trinajstić information content (AvgIpc) is 2.82. The van der Waals surface area contributed by atoms with Crippen LogP contribution in [0.3, 0.4) is 0 Å². The highest BCUT2D eigenvalue weighted by atomic mass is 16.5. The summed E-state index contributed by atoms with van der Waals surface area (Å²) >= 11 is 0. The number of rotatable bonds is 8. The molecule has 0 spiro atoms. The normalized spacial score (nSPS) is 11.7. The summed E-state index contributed by atoms with van der Waals surface area (Å²) in [6.45, 7) is 12.8. The molecule has 0 aliphatic carbocycles. The number of methoxy groups -OCH3 is 1. The monoisotopic (exact) mass is 479 g/mol. The Kier molecular flexibility index (Phi) is 8.20. The molecule has 0 bridgehead atoms. The third kappa shape index (κ3) is 5.66. The third-order valence-corrected chi connectivity index (χ3v) is 5.69. The lowest BCUT2D eigenvalue weighted by Crippen LogP contribution is -2.48. The summed E-state index contributed by atoms with van der Waals surface area (Å²) in [5.74, 6) is 1.09. The Morgan fingerprint density at radius 1 is 1.14 bits per heavy atom. The van der Waals surface area contributed by atoms with Gasteiger partial charge in [0.05, 0.1) is 24.8 Å². The van der Waals surface area contributed by atoms with Crippen LogP contribution in [0, 0.1) is 5.92 Å². The van der Waals surface area contributed by atoms with E-state index in [4.69, 9.17) is 9.47 Å². The number of fused-ring (bicyclic) bond motifs is 1. The van der Waals surface area contributed by atoms with E-state index in [1.807, 2.05) is 71.0 Å². The number of carbonyl (C=O) groups excluding carboxylic acids is 1. The van der Waals surface area contributed by atoms with Gasteiger partial charge in [0, 0.05) is 29.2 Å². The Labute approximate surface area is 207 Å². The number of amides is 1. The van der Waals surface area contributed by atoms with Gasteiger partial charge in [0.15, 0.2) is 11.6 Å². The topological polar surface area (TPSA) is 73.7 Å². The smallest absolute Gasteiger partial charge is 0.415 e. The molecule has 1 aromatic carbocycles. The Hall–Kier alpha value is -3.35. The van der Waals surface area contributed by atoms with Gasteiger partial charge in [0.25, 0.3) is 5.56 Å². The molecular formula is C28H37N3O4. The van der Waals surface area contributed by atoms with Crippen LogP contribution in [0.15, 0.2) is 47.4 Å². The first kappa shape index (κ1) is 26.3. The number of unbranched alkanes of at least 4 members (excludes halogenated alkanes) is 1. The van der Waals surface area contributed by atoms with Gasteiger partial charge in [-0.15, -0.1) is 0 Å². The van der Waals surface area contributed by atoms with Crippen LogP contribution in [-0.2, 0) is 11.3 Å². The van der Waals surface area contributed by atoms with E-state index in [1.54, 1.807) is 10.8 Å². The molecule has 3 rings (SSSR count). The number of aromatic nitrogens is 2. The van der Waals surface area contributed by atoms with Crippen LogP contribution < -0.4 is 15.2 Å². The van der Waals surface area contributed by atoms with Crippen LogP contribution in [0.25, 0.3) is 22.0 Å². The molecule has 0 fully saturated rings. The maximum Gasteiger partial charge on any atom is 0.415 e. The van der Waals surface area contributed by atoms with Crippen molar-refractivity contribution in [3.63, 3.8) is 0 Å². The molecule has 7 heteroatoms. The van der Waals surface area contributed by atoms with E-state index in [1.165, 1.54) is 12.0 Å². The zero-order valence-electron chi connectivity index (χ0n) is 21.9. The van der Waals surface area contributed by atoms with Crippen molar-refractivity contribution in [3.05, 3.63) is 52.9 Å². The molecule has 0 atom stereocenters. The molecule has 0 radical (unpaired) electrons. The van der Waals surface area contributed by atoms with Gasteiger partial charge in [0.2, 0.25) is 0 Å². The highest BCUT2D eigenvalue weighted by Crippen LogP contribution is 2.40. The fourth-order valence-corrected chi connectivity index (χ4v) is 4.08. The third-order valence-electron chi connectivity index (χ3n) is 5.69. The SMILES string of the molecule is CCCCOc1c(N(C(=O)OC)C(C)(C)C)n(CC(C)C)c(=O)c2ccc(-c3ccccn3)cc12. The van der Waals surface area contributed by atoms with Gasteiger partial charge in [-0.25, -0.2) is 4.79 Å². The second-order valence-corrected chi connectivity index (χ2v) is 10.1. The van der Waals surface area contributed by atoms with Gasteiger partial charge in [-0.05, 0) is 57.4 Å². The van der Waals surface area contributed by atoms with Crippen molar-refractivity contribution >= 4 is 22.7 Å². The Bertz CT molecular complexity index is 1230. The molecular weight excluding hydrogens is 442 g/mol. The van der Waals surface area contributed by atoms with Crippen LogP contribution in [0.1, 0.15) is 54.4 Å². The molecule has 0 N–H and O–H groups in total. The van der Waals surface area contributed by atoms with Crippen molar-refractivity contribution in [2.75, 3.05) is 18.6 Å². The maximum absolute atomic E-state index is 13.9. The largest absolute Gasteiger partial charge is 0.489 e. The first-order chi connectivity index (χ1) is 16.6. The number of anilines is 1. The number of ether oxygens (including phenoxy) is 2. The van der Waals surface area contributed by atoms with Crippen molar-refractivity contribution in [2.24, 2.45) is 5.92 Å². The van der Waals surface area contributed by atoms with Gasteiger partial charge in [-0.3, -0.25) is 19.2 Å². The summed E-state index contributed by atoms with van der Waals surface area (Å²) in [5, 5.41) is 1.20. The van der Waals surface area contributed by atoms with Crippen molar-refractivity contribution in [2.45, 2.75) is 66.5 Å². The fraction of sp³-hybridized carbons (Fsp3) is 0.464. The number of hydrogen-bond donors (Lipinski definition) is 0. The second-order valence-electron chi connectivity index (χ2n) is 10.1. The van der Waals surface area contributed by atoms with Crippen molar-refractivity contribution in [1.82, 2.24) is 9.55 Å². The number of pyridine rings is 2. The lowest BCUT2D eigenvalue weighted by molar-refractivity contribution is 0.171. The minimum absolute atomic E-state index is 0.166. The van der Waals surface area contributed by atoms with Crippen LogP contribution in [0.2, 0.25) is 0 Å². The number of hydrogen-bond acceptors (Lipinski definition) is 5. The van der Waals surface area contributed by atoms with Gasteiger partial charge in [0.1, 0.15) is 0 Å². The average molecular weight is 480 g/mol. The van der Waals surface area contributed by atoms with E-state index < -0.39 is 11.6 Å². The zero-order chi connectivity index (χ0) is 25.8. The molecule has 2 aromatic heterocycles. The molecule has 0 aliphatic heterocycles. The van der Waals surface area contributed by atoms with E-state index in [0.717, 1.165) is 24.1 Å². The molecule has 188 valence electrons. The summed E-state index contributed by atoms with van der Waals surface area (Å²) < 4.78 is 13.2. The minimum atomic E-state index is -0.673. The van der Waals surface area contributed by atoms with Crippen molar-refractivity contribution in [3.8, 4) is 17.0 Å². The minimum Gasteiger partial charge on any atom is -0.489 e. The summed E-state index contributed by atoms with van der Waals surface area (Å²) in [5.41, 5.74) is 0.818. The van der Waals surface area contributed by atoms with E-state index in [9.17, 15) is 9.59 Å². The Balaban J connectivity index is 2.46. The van der Waals surface area contributed by atoms with Crippen LogP contribution in [-0.4, -0.2) is 34.9 Å². The quantitative estimate of drug-likeness (QED) is 0.356. The maximum atomic E-state index is 13.9. The number of benzene rings is 1. The van der Waals surface area contributed by atoms with Gasteiger partial charge in [-0.1, -0.05) is 39.3 Å². The molecule has 2 heterocycles. The Morgan fingerprint density at radius 3 is 2.46 bits per heavy atom. The van der Waals surface area contributed by atoms with Crippen molar-refractivity contribution < 1.29 is 14.3 Å². The predicted octanol–water partition coefficient (Wildman–Crippen LogP) is 6.27. The van der Waals surface area contributed by atoms with Crippen molar-refractivity contribution in [1.29, 1.82) is 0 Å². The number of nitrogens with zero attached hydrogens (tertiary/aromatic N) is 3. The van der Waals surface area contributed by atoms with Crippen LogP contribution >= 0.6 is 0 Å². The molecule has 0 saturated heterocycles. The molecule has 0 aliphatic rings. The summed E-state index contributed by atoms with van der Waals surface area (Å²) in [6, 6.07) is 11.4. The zero-order valence-corrected chi connectivity index (χ0v) is 21.9. The summed E-state index contributed by atoms with van der Waals surface area (Å²) in [6.07, 6.45) is 2.99. The lowest BCUT2D eigenvalue weighted by atomic mass is 10.0. The fourth-order valence-electron chi connectivity index (χ4n) is 4.08. The standard InChI is InChI=1S/C28H37N3O4/c1-8-9-16-35-24-22-17-20(23-12-10-11-15-29-23)13-14-21(22)26(32)30(18-19(2)3)25(24)31(27(33)34-7)28(4,5)6/h10-15,17,19H,8-9,16,18H2,1-7H3. The first-order valence-electron chi connectivity index (χ1n) is 12.2. The molecule has 1 amide bonds. The Morgan fingerprint density at radius 2 is 1.89 bits per heavy atom. The van der Waals surface area contributed by atoms with Gasteiger partial charge < -0.3 is 9.47 Å². The van der Waals surface area contributed by atoms with E-state index in [2.05, 4.69) is 11.9 Å². The second kappa shape index (κ2) is 10.9. The predicted molar refractivity (Wildman–Crippen MR) is 141 cm³/mol. The van der Waals surface area contributed by atoms with Gasteiger partial charge >= 0.3 is 6.09 Å². The van der Waals surface area contributed by atoms with Gasteiger partial charge in [-0.2, -0.15) is 0 Å². The summed E-state index contributed by atoms with van der Waals surface area (Å²) in [4.78, 5) is 33.0. The molecule has 35 heavy (non-hydrogen) atoms.